The Labute approximate surface area is 168 Å². The van der Waals surface area contributed by atoms with Crippen LogP contribution in [0.15, 0.2) is 47.4 Å². The first kappa shape index (κ1) is 19.5. The van der Waals surface area contributed by atoms with Gasteiger partial charge in [-0.15, -0.1) is 0 Å². The zero-order valence-electron chi connectivity index (χ0n) is 15.3. The van der Waals surface area contributed by atoms with E-state index in [1.165, 1.54) is 17.3 Å². The van der Waals surface area contributed by atoms with Gasteiger partial charge in [0.05, 0.1) is 18.1 Å². The number of carbonyl (C=O) groups is 1. The molecule has 1 N–H and O–H groups in total. The van der Waals surface area contributed by atoms with E-state index in [4.69, 9.17) is 21.7 Å². The lowest BCUT2D eigenvalue weighted by molar-refractivity contribution is -0.115. The Kier molecular flexibility index (Phi) is 6.53. The van der Waals surface area contributed by atoms with Crippen molar-refractivity contribution in [3.63, 3.8) is 0 Å². The van der Waals surface area contributed by atoms with Crippen molar-refractivity contribution in [2.75, 3.05) is 13.2 Å². The summed E-state index contributed by atoms with van der Waals surface area (Å²) in [6.07, 6.45) is 2.60. The molecule has 6 heteroatoms. The summed E-state index contributed by atoms with van der Waals surface area (Å²) in [5.41, 5.74) is 3.28. The van der Waals surface area contributed by atoms with Crippen LogP contribution in [0.25, 0.3) is 6.08 Å². The first-order chi connectivity index (χ1) is 13.0. The highest BCUT2D eigenvalue weighted by atomic mass is 32.2. The van der Waals surface area contributed by atoms with Gasteiger partial charge in [0.2, 0.25) is 0 Å². The zero-order valence-corrected chi connectivity index (χ0v) is 16.9. The number of ether oxygens (including phenoxy) is 2. The summed E-state index contributed by atoms with van der Waals surface area (Å²) in [6, 6.07) is 13.8. The number of thiocarbonyl (C=S) groups is 1. The highest BCUT2D eigenvalue weighted by Gasteiger charge is 2.21. The van der Waals surface area contributed by atoms with Crippen LogP contribution in [0.2, 0.25) is 0 Å². The molecule has 140 valence electrons. The summed E-state index contributed by atoms with van der Waals surface area (Å²) >= 11 is 6.27. The van der Waals surface area contributed by atoms with Crippen LogP contribution < -0.4 is 14.8 Å². The van der Waals surface area contributed by atoms with Crippen molar-refractivity contribution in [2.45, 2.75) is 20.3 Å². The zero-order chi connectivity index (χ0) is 19.2. The van der Waals surface area contributed by atoms with E-state index in [0.29, 0.717) is 22.4 Å². The van der Waals surface area contributed by atoms with Gasteiger partial charge < -0.3 is 14.8 Å². The van der Waals surface area contributed by atoms with E-state index >= 15 is 0 Å². The third-order valence-corrected chi connectivity index (χ3v) is 5.11. The standard InChI is InChI=1S/C21H21NO3S2/c1-14-7-8-18(15(2)11-14)25-10-4-9-24-17-6-3-5-16(12-17)13-19-20(23)22-21(26)27-19/h3,5-8,11-13H,4,9-10H2,1-2H3,(H,22,23,26)/b19-13+. The average molecular weight is 400 g/mol. The molecule has 0 aliphatic carbocycles. The summed E-state index contributed by atoms with van der Waals surface area (Å²) in [5.74, 6) is 1.53. The van der Waals surface area contributed by atoms with E-state index in [2.05, 4.69) is 31.3 Å². The minimum absolute atomic E-state index is 0.153. The molecule has 27 heavy (non-hydrogen) atoms. The fourth-order valence-electron chi connectivity index (χ4n) is 2.66. The van der Waals surface area contributed by atoms with Crippen LogP contribution >= 0.6 is 24.0 Å². The van der Waals surface area contributed by atoms with E-state index in [-0.39, 0.29) is 5.91 Å². The highest BCUT2D eigenvalue weighted by molar-refractivity contribution is 8.26. The predicted octanol–water partition coefficient (Wildman–Crippen LogP) is 4.64. The molecule has 0 spiro atoms. The molecule has 2 aromatic rings. The molecule has 0 radical (unpaired) electrons. The van der Waals surface area contributed by atoms with Crippen LogP contribution in [0.4, 0.5) is 0 Å². The number of aryl methyl sites for hydroxylation is 2. The number of thioether (sulfide) groups is 1. The molecular weight excluding hydrogens is 378 g/mol. The van der Waals surface area contributed by atoms with Crippen LogP contribution in [0, 0.1) is 13.8 Å². The number of amides is 1. The van der Waals surface area contributed by atoms with Crippen molar-refractivity contribution < 1.29 is 14.3 Å². The lowest BCUT2D eigenvalue weighted by Crippen LogP contribution is -2.17. The molecule has 0 atom stereocenters. The molecule has 1 aliphatic heterocycles. The summed E-state index contributed by atoms with van der Waals surface area (Å²) in [6.45, 7) is 5.28. The Bertz CT molecular complexity index is 893. The van der Waals surface area contributed by atoms with Gasteiger partial charge in [0.1, 0.15) is 15.8 Å². The average Bonchev–Trinajstić information content (AvgIpc) is 2.94. The third-order valence-electron chi connectivity index (χ3n) is 3.94. The second-order valence-electron chi connectivity index (χ2n) is 6.24. The highest BCUT2D eigenvalue weighted by Crippen LogP contribution is 2.27. The van der Waals surface area contributed by atoms with Gasteiger partial charge in [0, 0.05) is 6.42 Å². The number of nitrogens with one attached hydrogen (secondary N) is 1. The molecule has 1 amide bonds. The van der Waals surface area contributed by atoms with Crippen molar-refractivity contribution in [2.24, 2.45) is 0 Å². The fraction of sp³-hybridized carbons (Fsp3) is 0.238. The van der Waals surface area contributed by atoms with Crippen LogP contribution in [0.1, 0.15) is 23.1 Å². The monoisotopic (exact) mass is 399 g/mol. The molecule has 1 fully saturated rings. The van der Waals surface area contributed by atoms with Crippen LogP contribution in [0.3, 0.4) is 0 Å². The van der Waals surface area contributed by atoms with Gasteiger partial charge in [-0.2, -0.15) is 0 Å². The Balaban J connectivity index is 1.48. The van der Waals surface area contributed by atoms with Crippen LogP contribution in [-0.2, 0) is 4.79 Å². The Morgan fingerprint density at radius 1 is 1.11 bits per heavy atom. The number of hydrogen-bond acceptors (Lipinski definition) is 5. The van der Waals surface area contributed by atoms with Crippen LogP contribution in [-0.4, -0.2) is 23.4 Å². The number of rotatable bonds is 7. The smallest absolute Gasteiger partial charge is 0.263 e. The number of benzene rings is 2. The van der Waals surface area contributed by atoms with Gasteiger partial charge in [-0.05, 0) is 49.2 Å². The van der Waals surface area contributed by atoms with Gasteiger partial charge in [0.15, 0.2) is 0 Å². The second kappa shape index (κ2) is 9.06. The van der Waals surface area contributed by atoms with Crippen LogP contribution in [0.5, 0.6) is 11.5 Å². The molecule has 3 rings (SSSR count). The molecule has 1 saturated heterocycles. The normalized spacial score (nSPS) is 15.1. The molecule has 0 unspecified atom stereocenters. The van der Waals surface area contributed by atoms with Crippen molar-refractivity contribution in [3.05, 3.63) is 64.1 Å². The van der Waals surface area contributed by atoms with E-state index in [1.54, 1.807) is 0 Å². The maximum absolute atomic E-state index is 11.7. The topological polar surface area (TPSA) is 47.6 Å². The number of hydrogen-bond donors (Lipinski definition) is 1. The van der Waals surface area contributed by atoms with Crippen molar-refractivity contribution in [3.8, 4) is 11.5 Å². The maximum atomic E-state index is 11.7. The molecule has 2 aromatic carbocycles. The van der Waals surface area contributed by atoms with Crippen molar-refractivity contribution >= 4 is 40.3 Å². The molecule has 0 saturated carbocycles. The van der Waals surface area contributed by atoms with E-state index in [0.717, 1.165) is 29.0 Å². The fourth-order valence-corrected chi connectivity index (χ4v) is 3.70. The minimum atomic E-state index is -0.153. The van der Waals surface area contributed by atoms with E-state index in [9.17, 15) is 4.79 Å². The maximum Gasteiger partial charge on any atom is 0.263 e. The predicted molar refractivity (Wildman–Crippen MR) is 114 cm³/mol. The van der Waals surface area contributed by atoms with E-state index < -0.39 is 0 Å². The lowest BCUT2D eigenvalue weighted by Gasteiger charge is -2.10. The first-order valence-corrected chi connectivity index (χ1v) is 9.91. The SMILES string of the molecule is Cc1ccc(OCCCOc2cccc(/C=C3/SC(=S)NC3=O)c2)c(C)c1. The largest absolute Gasteiger partial charge is 0.493 e. The molecular formula is C21H21NO3S2. The molecule has 0 bridgehead atoms. The van der Waals surface area contributed by atoms with Crippen molar-refractivity contribution in [1.29, 1.82) is 0 Å². The Morgan fingerprint density at radius 2 is 1.93 bits per heavy atom. The Morgan fingerprint density at radius 3 is 2.67 bits per heavy atom. The molecule has 1 aliphatic rings. The molecule has 4 nitrogen and oxygen atoms in total. The third kappa shape index (κ3) is 5.58. The minimum Gasteiger partial charge on any atom is -0.493 e. The van der Waals surface area contributed by atoms with E-state index in [1.807, 2.05) is 36.4 Å². The number of carbonyl (C=O) groups excluding carboxylic acids is 1. The second-order valence-corrected chi connectivity index (χ2v) is 7.96. The summed E-state index contributed by atoms with van der Waals surface area (Å²) in [7, 11) is 0. The van der Waals surface area contributed by atoms with Gasteiger partial charge in [-0.3, -0.25) is 4.79 Å². The van der Waals surface area contributed by atoms with Crippen molar-refractivity contribution in [1.82, 2.24) is 5.32 Å². The summed E-state index contributed by atoms with van der Waals surface area (Å²) < 4.78 is 12.1. The van der Waals surface area contributed by atoms with Gasteiger partial charge in [-0.25, -0.2) is 0 Å². The Hall–Kier alpha value is -2.31. The quantitative estimate of drug-likeness (QED) is 0.418. The lowest BCUT2D eigenvalue weighted by atomic mass is 10.1. The summed E-state index contributed by atoms with van der Waals surface area (Å²) in [5, 5.41) is 2.61. The summed E-state index contributed by atoms with van der Waals surface area (Å²) in [4.78, 5) is 12.3. The molecule has 0 aromatic heterocycles. The van der Waals surface area contributed by atoms with Gasteiger partial charge >= 0.3 is 0 Å². The van der Waals surface area contributed by atoms with Gasteiger partial charge in [-0.1, -0.05) is 53.8 Å². The first-order valence-electron chi connectivity index (χ1n) is 8.69. The molecule has 1 heterocycles. The van der Waals surface area contributed by atoms with Gasteiger partial charge in [0.25, 0.3) is 5.91 Å².